The minimum absolute atomic E-state index is 0.0151. The van der Waals surface area contributed by atoms with E-state index in [0.29, 0.717) is 27.9 Å². The Morgan fingerprint density at radius 2 is 2.23 bits per heavy atom. The van der Waals surface area contributed by atoms with E-state index in [-0.39, 0.29) is 13.0 Å². The third-order valence-electron chi connectivity index (χ3n) is 1.44. The van der Waals surface area contributed by atoms with Crippen LogP contribution in [0.5, 0.6) is 0 Å². The molecule has 0 bridgehead atoms. The zero-order valence-corrected chi connectivity index (χ0v) is 10.1. The molecule has 0 aromatic heterocycles. The molecule has 1 unspecified atom stereocenters. The van der Waals surface area contributed by atoms with E-state index in [1.807, 2.05) is 0 Å². The first-order valence-electron chi connectivity index (χ1n) is 3.63. The van der Waals surface area contributed by atoms with E-state index in [0.717, 1.165) is 6.08 Å². The van der Waals surface area contributed by atoms with Crippen molar-refractivity contribution in [3.05, 3.63) is 12.7 Å². The van der Waals surface area contributed by atoms with Crippen LogP contribution in [0.25, 0.3) is 0 Å². The average Bonchev–Trinajstić information content (AvgIpc) is 2.02. The summed E-state index contributed by atoms with van der Waals surface area (Å²) in [5.41, 5.74) is 0. The Morgan fingerprint density at radius 3 is 2.62 bits per heavy atom. The summed E-state index contributed by atoms with van der Waals surface area (Å²) in [4.78, 5) is 10.5. The van der Waals surface area contributed by atoms with Gasteiger partial charge in [0.1, 0.15) is 0 Å². The van der Waals surface area contributed by atoms with E-state index in [2.05, 4.69) is 11.3 Å². The van der Waals surface area contributed by atoms with Crippen LogP contribution in [-0.2, 0) is 19.6 Å². The number of hydrogen-bond acceptors (Lipinski definition) is 4. The SMILES string of the molecule is C=CC(=O)OCC[CH]([Na])S(=O)(=O)O. The molecule has 5 nitrogen and oxygen atoms in total. The third-order valence-corrected chi connectivity index (χ3v) is 5.06. The predicted molar refractivity (Wildman–Crippen MR) is 46.9 cm³/mol. The third kappa shape index (κ3) is 6.23. The normalized spacial score (nSPS) is 13.5. The summed E-state index contributed by atoms with van der Waals surface area (Å²) >= 11 is 0.305. The molecule has 0 amide bonds. The van der Waals surface area contributed by atoms with Crippen LogP contribution in [0.1, 0.15) is 6.42 Å². The second-order valence-electron chi connectivity index (χ2n) is 2.49. The molecule has 0 saturated heterocycles. The van der Waals surface area contributed by atoms with Gasteiger partial charge in [0.25, 0.3) is 0 Å². The second-order valence-corrected chi connectivity index (χ2v) is 6.55. The molecule has 0 aliphatic heterocycles. The minimum atomic E-state index is -3.96. The summed E-state index contributed by atoms with van der Waals surface area (Å²) in [6.45, 7) is 3.16. The molecule has 0 aromatic carbocycles. The van der Waals surface area contributed by atoms with Crippen molar-refractivity contribution < 1.29 is 22.5 Å². The number of carbonyl (C=O) groups is 1. The summed E-state index contributed by atoms with van der Waals surface area (Å²) < 4.78 is 33.3. The fourth-order valence-corrected chi connectivity index (χ4v) is 1.16. The van der Waals surface area contributed by atoms with E-state index >= 15 is 0 Å². The zero-order chi connectivity index (χ0) is 10.5. The first-order chi connectivity index (χ1) is 5.88. The van der Waals surface area contributed by atoms with Crippen LogP contribution in [0, 0.1) is 0 Å². The van der Waals surface area contributed by atoms with Crippen LogP contribution in [0.2, 0.25) is 0 Å². The van der Waals surface area contributed by atoms with Gasteiger partial charge in [0.05, 0.1) is 0 Å². The van der Waals surface area contributed by atoms with E-state index < -0.39 is 18.6 Å². The average molecular weight is 216 g/mol. The Labute approximate surface area is 94.3 Å². The van der Waals surface area contributed by atoms with Gasteiger partial charge in [0.15, 0.2) is 0 Å². The number of rotatable bonds is 5. The molecule has 0 aliphatic carbocycles. The van der Waals surface area contributed by atoms with Crippen LogP contribution in [0.15, 0.2) is 12.7 Å². The summed E-state index contributed by atoms with van der Waals surface area (Å²) in [7, 11) is -3.96. The van der Waals surface area contributed by atoms with Crippen molar-refractivity contribution >= 4 is 44.0 Å². The van der Waals surface area contributed by atoms with Crippen LogP contribution in [0.4, 0.5) is 0 Å². The van der Waals surface area contributed by atoms with Gasteiger partial charge in [-0.25, -0.2) is 0 Å². The summed E-state index contributed by atoms with van der Waals surface area (Å²) in [5, 5.41) is 0. The predicted octanol–water partition coefficient (Wildman–Crippen LogP) is -0.512. The van der Waals surface area contributed by atoms with Crippen LogP contribution in [0.3, 0.4) is 0 Å². The molecule has 0 radical (unpaired) electrons. The van der Waals surface area contributed by atoms with E-state index in [1.165, 1.54) is 0 Å². The Hall–Kier alpha value is 0.120. The molecule has 0 aliphatic rings. The van der Waals surface area contributed by atoms with Crippen molar-refractivity contribution in [1.82, 2.24) is 0 Å². The Kier molecular flexibility index (Phi) is 5.82. The van der Waals surface area contributed by atoms with Gasteiger partial charge in [-0.05, 0) is 0 Å². The van der Waals surface area contributed by atoms with Crippen molar-refractivity contribution in [1.29, 1.82) is 0 Å². The molecule has 0 fully saturated rings. The molecule has 7 heteroatoms. The van der Waals surface area contributed by atoms with Gasteiger partial charge in [-0.15, -0.1) is 0 Å². The number of carbonyl (C=O) groups excluding carboxylic acids is 1. The van der Waals surface area contributed by atoms with Crippen molar-refractivity contribution in [3.8, 4) is 0 Å². The molecule has 1 N–H and O–H groups in total. The van der Waals surface area contributed by atoms with Gasteiger partial charge < -0.3 is 0 Å². The quantitative estimate of drug-likeness (QED) is 0.289. The Balaban J connectivity index is 3.79. The standard InChI is InChI=1S/C6H9O5S.Na/c1-2-6(7)11-4-3-5-12(8,9)10;/h2,5H,1,3-4H2,(H,8,9,10);. The van der Waals surface area contributed by atoms with Crippen LogP contribution in [-0.4, -0.2) is 56.0 Å². The summed E-state index contributed by atoms with van der Waals surface area (Å²) in [6, 6.07) is 0. The Morgan fingerprint density at radius 1 is 1.69 bits per heavy atom. The molecular weight excluding hydrogens is 207 g/mol. The van der Waals surface area contributed by atoms with Gasteiger partial charge in [0, 0.05) is 0 Å². The van der Waals surface area contributed by atoms with E-state index in [9.17, 15) is 13.2 Å². The molecule has 13 heavy (non-hydrogen) atoms. The molecule has 1 atom stereocenters. The topological polar surface area (TPSA) is 80.7 Å². The fourth-order valence-electron chi connectivity index (χ4n) is 0.533. The van der Waals surface area contributed by atoms with Crippen molar-refractivity contribution in [2.75, 3.05) is 6.61 Å². The van der Waals surface area contributed by atoms with Gasteiger partial charge in [-0.3, -0.25) is 0 Å². The fraction of sp³-hybridized carbons (Fsp3) is 0.500. The van der Waals surface area contributed by atoms with Gasteiger partial charge in [0.2, 0.25) is 0 Å². The zero-order valence-electron chi connectivity index (χ0n) is 7.26. The summed E-state index contributed by atoms with van der Waals surface area (Å²) in [6.07, 6.45) is 1.13. The van der Waals surface area contributed by atoms with Crippen molar-refractivity contribution in [3.63, 3.8) is 0 Å². The molecule has 0 rings (SSSR count). The van der Waals surface area contributed by atoms with Crippen molar-refractivity contribution in [2.24, 2.45) is 0 Å². The first kappa shape index (κ1) is 13.1. The van der Waals surface area contributed by atoms with E-state index in [1.54, 1.807) is 0 Å². The maximum atomic E-state index is 10.5. The summed E-state index contributed by atoms with van der Waals surface area (Å²) in [5.74, 6) is -0.593. The number of ether oxygens (including phenoxy) is 1. The molecule has 0 saturated carbocycles. The number of esters is 1. The monoisotopic (exact) mass is 216 g/mol. The van der Waals surface area contributed by atoms with Gasteiger partial charge in [-0.2, -0.15) is 0 Å². The van der Waals surface area contributed by atoms with Gasteiger partial charge >= 0.3 is 94.7 Å². The molecule has 0 spiro atoms. The van der Waals surface area contributed by atoms with Crippen molar-refractivity contribution in [2.45, 2.75) is 8.92 Å². The van der Waals surface area contributed by atoms with E-state index in [4.69, 9.17) is 4.55 Å². The molecule has 70 valence electrons. The van der Waals surface area contributed by atoms with Crippen LogP contribution < -0.4 is 0 Å². The maximum absolute atomic E-state index is 10.5. The van der Waals surface area contributed by atoms with Crippen LogP contribution >= 0.6 is 0 Å². The molecular formula is C6H9NaO5S. The van der Waals surface area contributed by atoms with Gasteiger partial charge in [-0.1, -0.05) is 0 Å². The molecule has 0 aromatic rings. The molecule has 0 heterocycles. The number of hydrogen-bond donors (Lipinski definition) is 1. The first-order valence-corrected chi connectivity index (χ1v) is 6.29. The Bertz CT molecular complexity index is 283. The second kappa shape index (κ2) is 5.77.